The topological polar surface area (TPSA) is 13.6 Å². The van der Waals surface area contributed by atoms with Gasteiger partial charge in [0.15, 0.2) is 5.70 Å². The molecule has 0 N–H and O–H groups in total. The van der Waals surface area contributed by atoms with Crippen molar-refractivity contribution in [3.63, 3.8) is 0 Å². The minimum Gasteiger partial charge on any atom is -0.381 e. The van der Waals surface area contributed by atoms with E-state index in [1.807, 2.05) is 30.3 Å². The van der Waals surface area contributed by atoms with Gasteiger partial charge >= 0.3 is 0 Å². The molecule has 2 nitrogen and oxygen atoms in total. The highest BCUT2D eigenvalue weighted by Crippen LogP contribution is 2.26. The molecule has 1 aromatic carbocycles. The van der Waals surface area contributed by atoms with Crippen molar-refractivity contribution in [2.45, 2.75) is 12.8 Å². The molecule has 76 valence electrons. The molecule has 1 aliphatic rings. The summed E-state index contributed by atoms with van der Waals surface area (Å²) in [6, 6.07) is 9.91. The van der Waals surface area contributed by atoms with Crippen LogP contribution >= 0.6 is 0 Å². The number of ether oxygens (including phenoxy) is 1. The van der Waals surface area contributed by atoms with Crippen LogP contribution < -0.4 is 0 Å². The lowest BCUT2D eigenvalue weighted by molar-refractivity contribution is 0.119. The van der Waals surface area contributed by atoms with E-state index in [9.17, 15) is 0 Å². The van der Waals surface area contributed by atoms with E-state index in [4.69, 9.17) is 11.3 Å². The van der Waals surface area contributed by atoms with Crippen LogP contribution in [0.4, 0.5) is 0 Å². The molecule has 0 aromatic heterocycles. The largest absolute Gasteiger partial charge is 0.381 e. The molecule has 0 unspecified atom stereocenters. The van der Waals surface area contributed by atoms with Crippen molar-refractivity contribution in [1.82, 2.24) is 0 Å². The first-order valence-electron chi connectivity index (χ1n) is 5.14. The Bertz CT molecular complexity index is 392. The summed E-state index contributed by atoms with van der Waals surface area (Å²) >= 11 is 0. The summed E-state index contributed by atoms with van der Waals surface area (Å²) in [6.07, 6.45) is 1.79. The first-order chi connectivity index (χ1) is 7.42. The van der Waals surface area contributed by atoms with E-state index in [-0.39, 0.29) is 0 Å². The highest BCUT2D eigenvalue weighted by Gasteiger charge is 2.12. The maximum absolute atomic E-state index is 7.26. The third kappa shape index (κ3) is 2.26. The summed E-state index contributed by atoms with van der Waals surface area (Å²) in [5.74, 6) is 0. The van der Waals surface area contributed by atoms with Crippen LogP contribution in [0.25, 0.3) is 10.5 Å². The van der Waals surface area contributed by atoms with Gasteiger partial charge in [-0.3, -0.25) is 0 Å². The molecule has 1 aromatic rings. The van der Waals surface area contributed by atoms with E-state index < -0.39 is 0 Å². The number of nitrogens with zero attached hydrogens (tertiary/aromatic N) is 1. The van der Waals surface area contributed by atoms with Gasteiger partial charge < -0.3 is 4.74 Å². The van der Waals surface area contributed by atoms with Crippen molar-refractivity contribution in [3.8, 4) is 0 Å². The zero-order valence-electron chi connectivity index (χ0n) is 8.57. The molecule has 0 saturated carbocycles. The van der Waals surface area contributed by atoms with E-state index in [1.165, 1.54) is 5.57 Å². The fourth-order valence-electron chi connectivity index (χ4n) is 1.80. The standard InChI is InChI=1S/C13H13NO/c1-14-13(11-5-3-2-4-6-11)12-7-9-15-10-8-12/h2-6H,7-10H2. The SMILES string of the molecule is [C-]#[N+]C(=C1CCOCC1)c1ccccc1. The third-order valence-electron chi connectivity index (χ3n) is 2.59. The third-order valence-corrected chi connectivity index (χ3v) is 2.59. The van der Waals surface area contributed by atoms with Crippen molar-refractivity contribution < 1.29 is 4.74 Å². The molecule has 0 aliphatic carbocycles. The van der Waals surface area contributed by atoms with Crippen molar-refractivity contribution in [2.24, 2.45) is 0 Å². The Morgan fingerprint density at radius 2 is 1.80 bits per heavy atom. The quantitative estimate of drug-likeness (QED) is 0.633. The molecule has 1 heterocycles. The predicted molar refractivity (Wildman–Crippen MR) is 60.0 cm³/mol. The van der Waals surface area contributed by atoms with E-state index in [0.717, 1.165) is 37.3 Å². The Labute approximate surface area is 90.0 Å². The van der Waals surface area contributed by atoms with Crippen LogP contribution in [-0.2, 0) is 4.74 Å². The van der Waals surface area contributed by atoms with Crippen LogP contribution in [-0.4, -0.2) is 13.2 Å². The van der Waals surface area contributed by atoms with Gasteiger partial charge in [0.2, 0.25) is 0 Å². The lowest BCUT2D eigenvalue weighted by Gasteiger charge is -2.16. The minimum atomic E-state index is 0.751. The second-order valence-electron chi connectivity index (χ2n) is 3.54. The van der Waals surface area contributed by atoms with E-state index in [0.29, 0.717) is 0 Å². The Morgan fingerprint density at radius 3 is 2.40 bits per heavy atom. The van der Waals surface area contributed by atoms with Gasteiger partial charge in [-0.05, 0) is 18.4 Å². The molecule has 0 bridgehead atoms. The molecule has 2 heteroatoms. The molecule has 0 radical (unpaired) electrons. The van der Waals surface area contributed by atoms with Crippen molar-refractivity contribution in [3.05, 3.63) is 52.9 Å². The second kappa shape index (κ2) is 4.77. The van der Waals surface area contributed by atoms with Gasteiger partial charge in [0.1, 0.15) is 0 Å². The average molecular weight is 199 g/mol. The van der Waals surface area contributed by atoms with Gasteiger partial charge in [0, 0.05) is 13.2 Å². The van der Waals surface area contributed by atoms with E-state index in [2.05, 4.69) is 4.85 Å². The van der Waals surface area contributed by atoms with Crippen LogP contribution in [0.3, 0.4) is 0 Å². The molecule has 0 spiro atoms. The van der Waals surface area contributed by atoms with Crippen molar-refractivity contribution in [1.29, 1.82) is 0 Å². The highest BCUT2D eigenvalue weighted by molar-refractivity contribution is 5.73. The second-order valence-corrected chi connectivity index (χ2v) is 3.54. The summed E-state index contributed by atoms with van der Waals surface area (Å²) in [6.45, 7) is 8.76. The first-order valence-corrected chi connectivity index (χ1v) is 5.14. The van der Waals surface area contributed by atoms with Crippen molar-refractivity contribution in [2.75, 3.05) is 13.2 Å². The van der Waals surface area contributed by atoms with Gasteiger partial charge in [0.25, 0.3) is 0 Å². The summed E-state index contributed by atoms with van der Waals surface area (Å²) in [5.41, 5.74) is 3.09. The minimum absolute atomic E-state index is 0.751. The normalized spacial score (nSPS) is 15.8. The van der Waals surface area contributed by atoms with Crippen LogP contribution in [0.15, 0.2) is 35.9 Å². The molecule has 1 saturated heterocycles. The molecular formula is C13H13NO. The fourth-order valence-corrected chi connectivity index (χ4v) is 1.80. The summed E-state index contributed by atoms with van der Waals surface area (Å²) in [5, 5.41) is 0. The van der Waals surface area contributed by atoms with E-state index in [1.54, 1.807) is 0 Å². The van der Waals surface area contributed by atoms with Crippen LogP contribution in [0, 0.1) is 6.57 Å². The summed E-state index contributed by atoms with van der Waals surface area (Å²) in [4.78, 5) is 3.66. The Hall–Kier alpha value is -1.59. The van der Waals surface area contributed by atoms with Crippen LogP contribution in [0.1, 0.15) is 18.4 Å². The molecule has 2 rings (SSSR count). The number of hydrogen-bond donors (Lipinski definition) is 0. The van der Waals surface area contributed by atoms with Gasteiger partial charge in [-0.25, -0.2) is 4.85 Å². The highest BCUT2D eigenvalue weighted by atomic mass is 16.5. The lowest BCUT2D eigenvalue weighted by atomic mass is 10.0. The maximum atomic E-state index is 7.26. The zero-order chi connectivity index (χ0) is 10.5. The number of benzene rings is 1. The van der Waals surface area contributed by atoms with Gasteiger partial charge in [-0.2, -0.15) is 0 Å². The zero-order valence-corrected chi connectivity index (χ0v) is 8.57. The lowest BCUT2D eigenvalue weighted by Crippen LogP contribution is -2.08. The monoisotopic (exact) mass is 199 g/mol. The predicted octanol–water partition coefficient (Wildman–Crippen LogP) is 3.13. The molecular weight excluding hydrogens is 186 g/mol. The van der Waals surface area contributed by atoms with Crippen LogP contribution in [0.2, 0.25) is 0 Å². The Kier molecular flexibility index (Phi) is 3.16. The summed E-state index contributed by atoms with van der Waals surface area (Å²) < 4.78 is 5.29. The first kappa shape index (κ1) is 9.95. The van der Waals surface area contributed by atoms with Gasteiger partial charge in [-0.1, -0.05) is 35.9 Å². The Morgan fingerprint density at radius 1 is 1.13 bits per heavy atom. The molecule has 1 aliphatic heterocycles. The molecule has 1 fully saturated rings. The van der Waals surface area contributed by atoms with Gasteiger partial charge in [-0.15, -0.1) is 0 Å². The van der Waals surface area contributed by atoms with Crippen molar-refractivity contribution >= 4 is 5.70 Å². The average Bonchev–Trinajstić information content (AvgIpc) is 2.33. The number of hydrogen-bond acceptors (Lipinski definition) is 1. The molecule has 0 atom stereocenters. The molecule has 0 amide bonds. The fraction of sp³-hybridized carbons (Fsp3) is 0.308. The van der Waals surface area contributed by atoms with Gasteiger partial charge in [0.05, 0.1) is 6.57 Å². The maximum Gasteiger partial charge on any atom is 0.193 e. The van der Waals surface area contributed by atoms with Crippen LogP contribution in [0.5, 0.6) is 0 Å². The Balaban J connectivity index is 2.35. The number of rotatable bonds is 1. The smallest absolute Gasteiger partial charge is 0.193 e. The van der Waals surface area contributed by atoms with E-state index >= 15 is 0 Å². The summed E-state index contributed by atoms with van der Waals surface area (Å²) in [7, 11) is 0. The molecule has 15 heavy (non-hydrogen) atoms.